The largest absolute Gasteiger partial charge is 0.481 e. The van der Waals surface area contributed by atoms with Gasteiger partial charge in [-0.3, -0.25) is 66.9 Å². The number of carbonyl (C=O) groups is 13. The van der Waals surface area contributed by atoms with Crippen LogP contribution in [0.25, 0.3) is 0 Å². The highest BCUT2D eigenvalue weighted by Crippen LogP contribution is 2.25. The lowest BCUT2D eigenvalue weighted by molar-refractivity contribution is -0.148. The SMILES string of the molecule is CCCCCCCCN1CC(C(=O)OCC)CC1=O.CCCCCN1CC(C(=O)OCC)CC1=O.CCCCN1CC(C(=O)OCC)CC1=O.CCOC(=O)C1CC(=O)N(CCCC(=O)O)C1.CCOC(=O)C1CC(=O)N(CCCOC(C)C)C1.CCOC(=O)C1CC(=O)N(CCS(=O)(=O)O)C1. The van der Waals surface area contributed by atoms with Gasteiger partial charge in [0.25, 0.3) is 10.1 Å². The van der Waals surface area contributed by atoms with Gasteiger partial charge in [0, 0.05) is 130 Å². The maximum Gasteiger partial charge on any atom is 0.311 e. The number of aliphatic carboxylic acids is 1. The zero-order chi connectivity index (χ0) is 76.7. The topological polar surface area (TPSA) is 381 Å². The third-order valence-electron chi connectivity index (χ3n) is 17.1. The van der Waals surface area contributed by atoms with Gasteiger partial charge in [0.05, 0.1) is 87.0 Å². The first-order chi connectivity index (χ1) is 48.5. The van der Waals surface area contributed by atoms with Crippen LogP contribution in [-0.4, -0.2) is 261 Å². The molecule has 6 atom stereocenters. The maximum absolute atomic E-state index is 11.8. The second-order valence-corrected chi connectivity index (χ2v) is 27.4. The first kappa shape index (κ1) is 93.0. The smallest absolute Gasteiger partial charge is 0.311 e. The Labute approximate surface area is 604 Å². The normalized spacial score (nSPS) is 19.9. The number of hydrogen-bond donors (Lipinski definition) is 2. The van der Waals surface area contributed by atoms with Gasteiger partial charge in [0.1, 0.15) is 0 Å². The fourth-order valence-corrected chi connectivity index (χ4v) is 12.1. The summed E-state index contributed by atoms with van der Waals surface area (Å²) in [6, 6.07) is 0. The van der Waals surface area contributed by atoms with Gasteiger partial charge in [-0.15, -0.1) is 0 Å². The molecule has 0 spiro atoms. The zero-order valence-corrected chi connectivity index (χ0v) is 63.6. The number of rotatable bonds is 38. The van der Waals surface area contributed by atoms with E-state index in [0.29, 0.717) is 111 Å². The van der Waals surface area contributed by atoms with Crippen LogP contribution in [0.15, 0.2) is 0 Å². The highest BCUT2D eigenvalue weighted by molar-refractivity contribution is 7.85. The number of likely N-dealkylation sites (tertiary alicyclic amines) is 6. The van der Waals surface area contributed by atoms with Crippen LogP contribution in [0.3, 0.4) is 0 Å². The molecule has 0 bridgehead atoms. The van der Waals surface area contributed by atoms with Gasteiger partial charge in [-0.25, -0.2) is 0 Å². The van der Waals surface area contributed by atoms with Gasteiger partial charge in [0.2, 0.25) is 35.4 Å². The van der Waals surface area contributed by atoms with Crippen LogP contribution < -0.4 is 0 Å². The van der Waals surface area contributed by atoms with Gasteiger partial charge in [-0.1, -0.05) is 72.1 Å². The van der Waals surface area contributed by atoms with E-state index in [4.69, 9.17) is 42.8 Å². The Kier molecular flexibility index (Phi) is 48.2. The molecule has 0 radical (unpaired) electrons. The van der Waals surface area contributed by atoms with Gasteiger partial charge in [0.15, 0.2) is 0 Å². The summed E-state index contributed by atoms with van der Waals surface area (Å²) in [5.74, 6) is -5.16. The summed E-state index contributed by atoms with van der Waals surface area (Å²) in [4.78, 5) is 159. The minimum absolute atomic E-state index is 0.0321. The first-order valence-corrected chi connectivity index (χ1v) is 38.5. The van der Waals surface area contributed by atoms with Crippen LogP contribution in [0.4, 0.5) is 0 Å². The number of carboxylic acid groups (broad SMARTS) is 1. The molecule has 6 unspecified atom stereocenters. The van der Waals surface area contributed by atoms with E-state index in [1.54, 1.807) is 56.2 Å². The Morgan fingerprint density at radius 2 is 0.598 bits per heavy atom. The van der Waals surface area contributed by atoms with Crippen molar-refractivity contribution in [2.24, 2.45) is 35.5 Å². The fraction of sp³-hybridized carbons (Fsp3) is 0.817. The molecular weight excluding hydrogens is 1350 g/mol. The van der Waals surface area contributed by atoms with Crippen molar-refractivity contribution < 1.29 is 114 Å². The minimum atomic E-state index is -4.09. The third-order valence-corrected chi connectivity index (χ3v) is 17.8. The minimum Gasteiger partial charge on any atom is -0.481 e. The summed E-state index contributed by atoms with van der Waals surface area (Å²) in [6.45, 7) is 29.5. The number of ether oxygens (including phenoxy) is 7. The average Bonchev–Trinajstić information content (AvgIpc) is 1.75. The van der Waals surface area contributed by atoms with E-state index in [1.165, 1.54) is 41.9 Å². The molecule has 2 N–H and O–H groups in total. The molecule has 30 nitrogen and oxygen atoms in total. The van der Waals surface area contributed by atoms with E-state index in [-0.39, 0.29) is 140 Å². The van der Waals surface area contributed by atoms with E-state index in [1.807, 2.05) is 18.7 Å². The van der Waals surface area contributed by atoms with Crippen LogP contribution in [-0.2, 0) is 106 Å². The lowest BCUT2D eigenvalue weighted by Crippen LogP contribution is -2.31. The monoisotopic (exact) mass is 1470 g/mol. The molecule has 6 aliphatic rings. The summed E-state index contributed by atoms with van der Waals surface area (Å²) in [6.07, 6.45) is 15.6. The summed E-state index contributed by atoms with van der Waals surface area (Å²) in [7, 11) is -4.09. The molecule has 31 heteroatoms. The van der Waals surface area contributed by atoms with E-state index >= 15 is 0 Å². The van der Waals surface area contributed by atoms with Gasteiger partial charge in [-0.05, 0) is 87.5 Å². The van der Waals surface area contributed by atoms with Crippen LogP contribution in [0.5, 0.6) is 0 Å². The van der Waals surface area contributed by atoms with Gasteiger partial charge < -0.3 is 67.7 Å². The predicted molar refractivity (Wildman–Crippen MR) is 375 cm³/mol. The van der Waals surface area contributed by atoms with E-state index in [2.05, 4.69) is 20.8 Å². The fourth-order valence-electron chi connectivity index (χ4n) is 11.6. The molecule has 6 heterocycles. The molecule has 6 amide bonds. The first-order valence-electron chi connectivity index (χ1n) is 36.9. The van der Waals surface area contributed by atoms with Crippen molar-refractivity contribution in [3.8, 4) is 0 Å². The molecule has 6 rings (SSSR count). The standard InChI is InChI=1S/C15H27NO3.C13H23NO4.C12H21NO3.C11H17NO5.C11H19NO3.C9H15NO6S/c1-3-5-6-7-8-9-10-16-12-13(11-14(16)17)15(18)19-4-2;1-4-17-13(16)11-8-12(15)14(9-11)6-5-7-18-10(2)3;1-3-5-6-7-13-9-10(8-11(13)14)12(15)16-4-2;1-2-17-11(16)8-6-9(13)12(7-8)5-3-4-10(14)15;1-3-5-6-12-8-9(7-10(12)13)11(14)15-4-2;1-2-16-9(12)7-5-8(11)10(6-7)3-4-17(13,14)15/h13H,3-12H2,1-2H3;10-11H,4-9H2,1-3H3;10H,3-9H2,1-2H3;8H,2-7H2,1H3,(H,14,15);9H,3-8H2,1-2H3;7H,2-6H2,1H3,(H,13,14,15). The Balaban J connectivity index is 0.000000613. The highest BCUT2D eigenvalue weighted by Gasteiger charge is 2.40. The molecule has 0 aromatic rings. The van der Waals surface area contributed by atoms with Crippen LogP contribution in [0, 0.1) is 35.5 Å². The molecular formula is C71H122N6O24S. The lowest BCUT2D eigenvalue weighted by Gasteiger charge is -2.16. The molecule has 6 aliphatic heterocycles. The Bertz CT molecular complexity index is 2720. The molecule has 0 saturated carbocycles. The van der Waals surface area contributed by atoms with Crippen LogP contribution in [0.1, 0.15) is 205 Å². The van der Waals surface area contributed by atoms with Gasteiger partial charge in [-0.2, -0.15) is 8.42 Å². The molecule has 0 aromatic carbocycles. The number of carbonyl (C=O) groups excluding carboxylic acids is 12. The molecule has 0 aliphatic carbocycles. The maximum atomic E-state index is 11.8. The second kappa shape index (κ2) is 52.9. The summed E-state index contributed by atoms with van der Waals surface area (Å²) < 4.78 is 64.4. The summed E-state index contributed by atoms with van der Waals surface area (Å²) in [5.41, 5.74) is 0. The van der Waals surface area contributed by atoms with Crippen molar-refractivity contribution >= 4 is 87.3 Å². The van der Waals surface area contributed by atoms with E-state index in [0.717, 1.165) is 64.6 Å². The van der Waals surface area contributed by atoms with Gasteiger partial charge >= 0.3 is 41.8 Å². The number of nitrogens with zero attached hydrogens (tertiary/aromatic N) is 6. The Morgan fingerprint density at radius 3 is 0.863 bits per heavy atom. The molecule has 102 heavy (non-hydrogen) atoms. The van der Waals surface area contributed by atoms with Crippen molar-refractivity contribution in [3.63, 3.8) is 0 Å². The number of hydrogen-bond acceptors (Lipinski definition) is 22. The summed E-state index contributed by atoms with van der Waals surface area (Å²) in [5, 5.41) is 8.49. The second-order valence-electron chi connectivity index (χ2n) is 25.8. The van der Waals surface area contributed by atoms with E-state index < -0.39 is 39.6 Å². The average molecular weight is 1480 g/mol. The number of esters is 6. The van der Waals surface area contributed by atoms with Crippen molar-refractivity contribution in [2.45, 2.75) is 211 Å². The molecule has 6 fully saturated rings. The zero-order valence-electron chi connectivity index (χ0n) is 62.8. The third kappa shape index (κ3) is 38.5. The van der Waals surface area contributed by atoms with E-state index in [9.17, 15) is 70.7 Å². The molecule has 0 aromatic heterocycles. The Morgan fingerprint density at radius 1 is 0.363 bits per heavy atom. The Hall–Kier alpha value is -7.02. The molecule has 586 valence electrons. The summed E-state index contributed by atoms with van der Waals surface area (Å²) >= 11 is 0. The van der Waals surface area contributed by atoms with Crippen LogP contribution >= 0.6 is 0 Å². The number of amides is 6. The van der Waals surface area contributed by atoms with Crippen molar-refractivity contribution in [1.29, 1.82) is 0 Å². The number of carboxylic acids is 1. The predicted octanol–water partition coefficient (Wildman–Crippen LogP) is 6.31. The number of unbranched alkanes of at least 4 members (excludes halogenated alkanes) is 8. The quantitative estimate of drug-likeness (QED) is 0.0296. The van der Waals surface area contributed by atoms with Crippen LogP contribution in [0.2, 0.25) is 0 Å². The van der Waals surface area contributed by atoms with Crippen molar-refractivity contribution in [1.82, 2.24) is 29.4 Å². The highest BCUT2D eigenvalue weighted by atomic mass is 32.2. The molecule has 6 saturated heterocycles. The van der Waals surface area contributed by atoms with Crippen molar-refractivity contribution in [3.05, 3.63) is 0 Å². The van der Waals surface area contributed by atoms with Crippen molar-refractivity contribution in [2.75, 3.05) is 131 Å². The lowest BCUT2D eigenvalue weighted by atomic mass is 10.1.